The molecule has 0 radical (unpaired) electrons. The van der Waals surface area contributed by atoms with Gasteiger partial charge in [-0.05, 0) is 13.3 Å². The molecule has 0 fully saturated rings. The Morgan fingerprint density at radius 3 is 2.53 bits per heavy atom. The van der Waals surface area contributed by atoms with Gasteiger partial charge in [-0.15, -0.1) is 10.2 Å². The summed E-state index contributed by atoms with van der Waals surface area (Å²) in [4.78, 5) is 29.5. The maximum absolute atomic E-state index is 12.8. The van der Waals surface area contributed by atoms with Crippen LogP contribution in [0.1, 0.15) is 13.3 Å². The van der Waals surface area contributed by atoms with Crippen LogP contribution in [0.3, 0.4) is 0 Å². The van der Waals surface area contributed by atoms with Crippen molar-refractivity contribution in [3.8, 4) is 11.4 Å². The summed E-state index contributed by atoms with van der Waals surface area (Å²) in [7, 11) is 3.39. The zero-order valence-electron chi connectivity index (χ0n) is 17.1. The smallest absolute Gasteiger partial charge is 0.328 e. The first-order valence-electron chi connectivity index (χ1n) is 9.75. The third-order valence-electron chi connectivity index (χ3n) is 5.02. The highest BCUT2D eigenvalue weighted by Gasteiger charge is 2.16. The van der Waals surface area contributed by atoms with Crippen LogP contribution < -0.4 is 11.2 Å². The lowest BCUT2D eigenvalue weighted by Gasteiger charge is -2.09. The van der Waals surface area contributed by atoms with Gasteiger partial charge in [-0.2, -0.15) is 0 Å². The number of aryl methyl sites for hydroxylation is 2. The number of rotatable bonds is 7. The van der Waals surface area contributed by atoms with Gasteiger partial charge < -0.3 is 9.13 Å². The van der Waals surface area contributed by atoms with Gasteiger partial charge in [-0.3, -0.25) is 13.9 Å². The van der Waals surface area contributed by atoms with Crippen LogP contribution in [0.2, 0.25) is 0 Å². The van der Waals surface area contributed by atoms with Gasteiger partial charge in [0, 0.05) is 38.5 Å². The number of benzene rings is 1. The summed E-state index contributed by atoms with van der Waals surface area (Å²) in [6.45, 7) is 3.16. The molecule has 0 bridgehead atoms. The third-order valence-corrected chi connectivity index (χ3v) is 6.08. The van der Waals surface area contributed by atoms with Crippen molar-refractivity contribution >= 4 is 22.9 Å². The van der Waals surface area contributed by atoms with Gasteiger partial charge in [0.05, 0.1) is 6.33 Å². The topological polar surface area (TPSA) is 92.5 Å². The van der Waals surface area contributed by atoms with Crippen molar-refractivity contribution < 1.29 is 0 Å². The zero-order chi connectivity index (χ0) is 21.3. The summed E-state index contributed by atoms with van der Waals surface area (Å²) in [5, 5.41) is 9.51. The van der Waals surface area contributed by atoms with Gasteiger partial charge in [-0.25, -0.2) is 9.78 Å². The molecule has 4 rings (SSSR count). The van der Waals surface area contributed by atoms with E-state index in [1.54, 1.807) is 36.8 Å². The van der Waals surface area contributed by atoms with E-state index in [2.05, 4.69) is 26.7 Å². The van der Waals surface area contributed by atoms with E-state index in [0.29, 0.717) is 29.9 Å². The summed E-state index contributed by atoms with van der Waals surface area (Å²) < 4.78 is 6.43. The number of fused-ring (bicyclic) bond motifs is 1. The molecule has 0 aliphatic heterocycles. The highest BCUT2D eigenvalue weighted by Crippen LogP contribution is 2.24. The predicted molar refractivity (Wildman–Crippen MR) is 117 cm³/mol. The highest BCUT2D eigenvalue weighted by atomic mass is 32.2. The van der Waals surface area contributed by atoms with E-state index in [1.165, 1.54) is 9.13 Å². The van der Waals surface area contributed by atoms with Crippen molar-refractivity contribution in [3.63, 3.8) is 0 Å². The molecule has 1 aromatic carbocycles. The molecule has 0 spiro atoms. The van der Waals surface area contributed by atoms with Crippen LogP contribution >= 0.6 is 11.8 Å². The standard InChI is InChI=1S/C20H23N7O2S/c1-4-26-16(14-9-6-5-7-10-14)22-23-19(26)30-12-8-11-27-18(28)15-17(21-13-24(15)2)25(3)20(27)29/h5-7,9-10,13H,4,8,11-12H2,1-3H3. The SMILES string of the molecule is CCn1c(SCCCn2c(=O)c3c(ncn3C)n(C)c2=O)nnc1-c1ccccc1. The zero-order valence-corrected chi connectivity index (χ0v) is 18.0. The lowest BCUT2D eigenvalue weighted by Crippen LogP contribution is -2.39. The van der Waals surface area contributed by atoms with E-state index < -0.39 is 0 Å². The molecule has 0 amide bonds. The summed E-state index contributed by atoms with van der Waals surface area (Å²) in [6.07, 6.45) is 2.20. The van der Waals surface area contributed by atoms with Crippen LogP contribution in [0.5, 0.6) is 0 Å². The van der Waals surface area contributed by atoms with Crippen molar-refractivity contribution in [1.29, 1.82) is 0 Å². The predicted octanol–water partition coefficient (Wildman–Crippen LogP) is 1.89. The minimum atomic E-state index is -0.348. The molecule has 10 heteroatoms. The maximum atomic E-state index is 12.8. The quantitative estimate of drug-likeness (QED) is 0.332. The first-order chi connectivity index (χ1) is 14.5. The van der Waals surface area contributed by atoms with Crippen LogP contribution in [-0.4, -0.2) is 39.2 Å². The van der Waals surface area contributed by atoms with Gasteiger partial charge >= 0.3 is 5.69 Å². The van der Waals surface area contributed by atoms with Crippen molar-refractivity contribution in [2.45, 2.75) is 31.6 Å². The fourth-order valence-corrected chi connectivity index (χ4v) is 4.39. The van der Waals surface area contributed by atoms with E-state index >= 15 is 0 Å². The van der Waals surface area contributed by atoms with Crippen LogP contribution in [-0.2, 0) is 27.2 Å². The van der Waals surface area contributed by atoms with Crippen molar-refractivity contribution in [2.24, 2.45) is 14.1 Å². The van der Waals surface area contributed by atoms with Crippen LogP contribution in [0.25, 0.3) is 22.6 Å². The highest BCUT2D eigenvalue weighted by molar-refractivity contribution is 7.99. The summed E-state index contributed by atoms with van der Waals surface area (Å²) in [5.74, 6) is 1.55. The minimum absolute atomic E-state index is 0.304. The Hall–Kier alpha value is -3.14. The molecule has 0 saturated carbocycles. The fraction of sp³-hybridized carbons (Fsp3) is 0.350. The second kappa shape index (κ2) is 8.31. The maximum Gasteiger partial charge on any atom is 0.332 e. The number of imidazole rings is 1. The molecule has 0 aliphatic carbocycles. The Balaban J connectivity index is 1.49. The molecule has 30 heavy (non-hydrogen) atoms. The van der Waals surface area contributed by atoms with E-state index in [9.17, 15) is 9.59 Å². The van der Waals surface area contributed by atoms with E-state index in [0.717, 1.165) is 23.1 Å². The Morgan fingerprint density at radius 1 is 1.03 bits per heavy atom. The molecular formula is C20H23N7O2S. The Labute approximate surface area is 177 Å². The number of aromatic nitrogens is 7. The van der Waals surface area contributed by atoms with Gasteiger partial charge in [0.15, 0.2) is 22.1 Å². The number of thioether (sulfide) groups is 1. The lowest BCUT2D eigenvalue weighted by molar-refractivity contribution is 0.593. The molecule has 4 aromatic rings. The first-order valence-corrected chi connectivity index (χ1v) is 10.7. The molecule has 9 nitrogen and oxygen atoms in total. The van der Waals surface area contributed by atoms with Gasteiger partial charge in [0.1, 0.15) is 0 Å². The van der Waals surface area contributed by atoms with Gasteiger partial charge in [0.2, 0.25) is 0 Å². The molecule has 0 atom stereocenters. The largest absolute Gasteiger partial charge is 0.332 e. The molecule has 3 heterocycles. The van der Waals surface area contributed by atoms with E-state index in [1.807, 2.05) is 30.3 Å². The van der Waals surface area contributed by atoms with E-state index in [4.69, 9.17) is 0 Å². The number of hydrogen-bond donors (Lipinski definition) is 0. The second-order valence-electron chi connectivity index (χ2n) is 6.94. The van der Waals surface area contributed by atoms with Gasteiger partial charge in [-0.1, -0.05) is 42.1 Å². The van der Waals surface area contributed by atoms with Crippen molar-refractivity contribution in [1.82, 2.24) is 33.4 Å². The molecule has 0 N–H and O–H groups in total. The average molecular weight is 426 g/mol. The second-order valence-corrected chi connectivity index (χ2v) is 8.01. The Morgan fingerprint density at radius 2 is 1.80 bits per heavy atom. The monoisotopic (exact) mass is 425 g/mol. The number of hydrogen-bond acceptors (Lipinski definition) is 6. The van der Waals surface area contributed by atoms with Crippen molar-refractivity contribution in [3.05, 3.63) is 57.5 Å². The lowest BCUT2D eigenvalue weighted by atomic mass is 10.2. The first kappa shape index (κ1) is 20.1. The van der Waals surface area contributed by atoms with Crippen molar-refractivity contribution in [2.75, 3.05) is 5.75 Å². The molecular weight excluding hydrogens is 402 g/mol. The molecule has 0 saturated heterocycles. The molecule has 3 aromatic heterocycles. The van der Waals surface area contributed by atoms with Crippen LogP contribution in [0.15, 0.2) is 51.4 Å². The normalized spacial score (nSPS) is 11.4. The number of nitrogens with zero attached hydrogens (tertiary/aromatic N) is 7. The van der Waals surface area contributed by atoms with Crippen LogP contribution in [0.4, 0.5) is 0 Å². The molecule has 0 unspecified atom stereocenters. The third kappa shape index (κ3) is 3.47. The van der Waals surface area contributed by atoms with E-state index in [-0.39, 0.29) is 11.2 Å². The van der Waals surface area contributed by atoms with Crippen LogP contribution in [0, 0.1) is 0 Å². The molecule has 156 valence electrons. The summed E-state index contributed by atoms with van der Waals surface area (Å²) in [6, 6.07) is 9.96. The summed E-state index contributed by atoms with van der Waals surface area (Å²) in [5.41, 5.74) is 1.21. The minimum Gasteiger partial charge on any atom is -0.328 e. The summed E-state index contributed by atoms with van der Waals surface area (Å²) >= 11 is 1.58. The fourth-order valence-electron chi connectivity index (χ4n) is 3.46. The Bertz CT molecular complexity index is 1300. The Kier molecular flexibility index (Phi) is 5.58. The van der Waals surface area contributed by atoms with Gasteiger partial charge in [0.25, 0.3) is 5.56 Å². The molecule has 0 aliphatic rings. The average Bonchev–Trinajstić information content (AvgIpc) is 3.35.